The summed E-state index contributed by atoms with van der Waals surface area (Å²) in [4.78, 5) is 6.76. The van der Waals surface area contributed by atoms with Crippen LogP contribution in [0.4, 0.5) is 0 Å². The van der Waals surface area contributed by atoms with E-state index >= 15 is 0 Å². The Kier molecular flexibility index (Phi) is 5.69. The fourth-order valence-corrected chi connectivity index (χ4v) is 2.20. The van der Waals surface area contributed by atoms with Gasteiger partial charge in [-0.15, -0.1) is 0 Å². The van der Waals surface area contributed by atoms with Gasteiger partial charge in [-0.3, -0.25) is 4.90 Å². The maximum Gasteiger partial charge on any atom is 0.240 e. The van der Waals surface area contributed by atoms with E-state index in [0.29, 0.717) is 19.0 Å². The smallest absolute Gasteiger partial charge is 0.240 e. The van der Waals surface area contributed by atoms with Crippen LogP contribution in [-0.2, 0) is 18.4 Å². The van der Waals surface area contributed by atoms with Gasteiger partial charge in [0.2, 0.25) is 5.89 Å². The van der Waals surface area contributed by atoms with Crippen molar-refractivity contribution in [3.8, 4) is 0 Å². The second-order valence-corrected chi connectivity index (χ2v) is 6.56. The molecule has 120 valence electrons. The predicted molar refractivity (Wildman–Crippen MR) is 87.5 cm³/mol. The van der Waals surface area contributed by atoms with Gasteiger partial charge in [-0.25, -0.2) is 0 Å². The Labute approximate surface area is 132 Å². The summed E-state index contributed by atoms with van der Waals surface area (Å²) < 4.78 is 5.38. The Morgan fingerprint density at radius 2 is 1.86 bits per heavy atom. The van der Waals surface area contributed by atoms with Crippen LogP contribution in [0.1, 0.15) is 38.0 Å². The summed E-state index contributed by atoms with van der Waals surface area (Å²) in [6.07, 6.45) is 0.987. The van der Waals surface area contributed by atoms with Crippen LogP contribution in [0.3, 0.4) is 0 Å². The molecule has 0 aliphatic rings. The van der Waals surface area contributed by atoms with Gasteiger partial charge in [-0.2, -0.15) is 4.98 Å². The van der Waals surface area contributed by atoms with Gasteiger partial charge < -0.3 is 10.3 Å². The van der Waals surface area contributed by atoms with Crippen molar-refractivity contribution in [2.45, 2.75) is 39.2 Å². The number of rotatable bonds is 7. The second-order valence-electron chi connectivity index (χ2n) is 6.56. The lowest BCUT2D eigenvalue weighted by Crippen LogP contribution is -2.31. The molecule has 2 aromatic rings. The molecule has 1 heterocycles. The first-order chi connectivity index (χ1) is 10.5. The van der Waals surface area contributed by atoms with Crippen LogP contribution in [0.2, 0.25) is 0 Å². The van der Waals surface area contributed by atoms with E-state index in [9.17, 15) is 0 Å². The van der Waals surface area contributed by atoms with Crippen LogP contribution in [0.5, 0.6) is 0 Å². The molecular weight excluding hydrogens is 276 g/mol. The fraction of sp³-hybridized carbons (Fsp3) is 0.529. The number of benzene rings is 1. The lowest BCUT2D eigenvalue weighted by Gasteiger charge is -2.19. The molecule has 0 radical (unpaired) electrons. The summed E-state index contributed by atoms with van der Waals surface area (Å²) >= 11 is 0. The summed E-state index contributed by atoms with van der Waals surface area (Å²) in [7, 11) is 0. The maximum absolute atomic E-state index is 5.72. The van der Waals surface area contributed by atoms with Crippen LogP contribution < -0.4 is 5.73 Å². The third-order valence-electron chi connectivity index (χ3n) is 3.50. The molecule has 0 atom stereocenters. The lowest BCUT2D eigenvalue weighted by atomic mass is 9.96. The van der Waals surface area contributed by atoms with Gasteiger partial charge in [0.25, 0.3) is 0 Å². The third kappa shape index (κ3) is 4.93. The Balaban J connectivity index is 1.95. The zero-order valence-electron chi connectivity index (χ0n) is 13.7. The molecule has 0 amide bonds. The largest absolute Gasteiger partial charge is 0.338 e. The topological polar surface area (TPSA) is 68.2 Å². The standard InChI is InChI=1S/C17H26N4O/c1-17(2,3)16-19-15(22-20-16)13-21(12-10-18)11-9-14-7-5-4-6-8-14/h4-8H,9-13,18H2,1-3H3. The Morgan fingerprint density at radius 1 is 1.14 bits per heavy atom. The zero-order valence-corrected chi connectivity index (χ0v) is 13.7. The molecule has 5 nitrogen and oxygen atoms in total. The van der Waals surface area contributed by atoms with Crippen LogP contribution in [0.25, 0.3) is 0 Å². The molecule has 0 fully saturated rings. The van der Waals surface area contributed by atoms with Crippen molar-refractivity contribution in [1.82, 2.24) is 15.0 Å². The molecule has 1 aromatic carbocycles. The summed E-state index contributed by atoms with van der Waals surface area (Å²) in [5.41, 5.74) is 6.95. The first-order valence-corrected chi connectivity index (χ1v) is 7.78. The van der Waals surface area contributed by atoms with Crippen LogP contribution >= 0.6 is 0 Å². The molecule has 0 unspecified atom stereocenters. The maximum atomic E-state index is 5.72. The predicted octanol–water partition coefficient (Wildman–Crippen LogP) is 2.37. The van der Waals surface area contributed by atoms with Crippen molar-refractivity contribution < 1.29 is 4.52 Å². The fourth-order valence-electron chi connectivity index (χ4n) is 2.20. The molecule has 2 N–H and O–H groups in total. The molecule has 0 aliphatic carbocycles. The van der Waals surface area contributed by atoms with E-state index in [0.717, 1.165) is 25.3 Å². The molecule has 0 spiro atoms. The zero-order chi connectivity index (χ0) is 16.0. The van der Waals surface area contributed by atoms with Crippen LogP contribution in [0.15, 0.2) is 34.9 Å². The van der Waals surface area contributed by atoms with Gasteiger partial charge in [0, 0.05) is 25.0 Å². The minimum atomic E-state index is -0.0928. The number of nitrogens with two attached hydrogens (primary N) is 1. The van der Waals surface area contributed by atoms with Crippen molar-refractivity contribution in [2.75, 3.05) is 19.6 Å². The van der Waals surface area contributed by atoms with E-state index < -0.39 is 0 Å². The highest BCUT2D eigenvalue weighted by atomic mass is 16.5. The first-order valence-electron chi connectivity index (χ1n) is 7.78. The van der Waals surface area contributed by atoms with Crippen LogP contribution in [0, 0.1) is 0 Å². The van der Waals surface area contributed by atoms with E-state index in [2.05, 4.69) is 60.1 Å². The minimum Gasteiger partial charge on any atom is -0.338 e. The number of hydrogen-bond donors (Lipinski definition) is 1. The van der Waals surface area contributed by atoms with Gasteiger partial charge in [0.05, 0.1) is 6.54 Å². The van der Waals surface area contributed by atoms with Crippen molar-refractivity contribution in [2.24, 2.45) is 5.73 Å². The molecule has 0 aliphatic heterocycles. The highest BCUT2D eigenvalue weighted by Crippen LogP contribution is 2.18. The first kappa shape index (κ1) is 16.6. The molecule has 2 rings (SSSR count). The van der Waals surface area contributed by atoms with E-state index in [1.165, 1.54) is 5.56 Å². The van der Waals surface area contributed by atoms with E-state index in [1.54, 1.807) is 0 Å². The highest BCUT2D eigenvalue weighted by Gasteiger charge is 2.21. The van der Waals surface area contributed by atoms with Crippen LogP contribution in [-0.4, -0.2) is 34.7 Å². The van der Waals surface area contributed by atoms with Gasteiger partial charge in [-0.1, -0.05) is 56.3 Å². The van der Waals surface area contributed by atoms with Crippen molar-refractivity contribution in [1.29, 1.82) is 0 Å². The molecule has 0 saturated heterocycles. The minimum absolute atomic E-state index is 0.0928. The van der Waals surface area contributed by atoms with Gasteiger partial charge in [0.15, 0.2) is 5.82 Å². The van der Waals surface area contributed by atoms with Crippen molar-refractivity contribution in [3.63, 3.8) is 0 Å². The van der Waals surface area contributed by atoms with Gasteiger partial charge >= 0.3 is 0 Å². The number of aromatic nitrogens is 2. The molecular formula is C17H26N4O. The number of hydrogen-bond acceptors (Lipinski definition) is 5. The van der Waals surface area contributed by atoms with Crippen molar-refractivity contribution >= 4 is 0 Å². The average molecular weight is 302 g/mol. The molecule has 5 heteroatoms. The summed E-state index contributed by atoms with van der Waals surface area (Å²) in [5.74, 6) is 1.41. The van der Waals surface area contributed by atoms with Crippen molar-refractivity contribution in [3.05, 3.63) is 47.6 Å². The Bertz CT molecular complexity index is 560. The average Bonchev–Trinajstić information content (AvgIpc) is 2.95. The molecule has 0 saturated carbocycles. The Hall–Kier alpha value is -1.72. The summed E-state index contributed by atoms with van der Waals surface area (Å²) in [5, 5.41) is 4.07. The van der Waals surface area contributed by atoms with E-state index in [-0.39, 0.29) is 5.41 Å². The summed E-state index contributed by atoms with van der Waals surface area (Å²) in [6.45, 7) is 9.24. The Morgan fingerprint density at radius 3 is 2.45 bits per heavy atom. The molecule has 0 bridgehead atoms. The summed E-state index contributed by atoms with van der Waals surface area (Å²) in [6, 6.07) is 10.5. The van der Waals surface area contributed by atoms with Gasteiger partial charge in [0.1, 0.15) is 0 Å². The van der Waals surface area contributed by atoms with Gasteiger partial charge in [-0.05, 0) is 12.0 Å². The SMILES string of the molecule is CC(C)(C)c1noc(CN(CCN)CCc2ccccc2)n1. The second kappa shape index (κ2) is 7.51. The molecule has 22 heavy (non-hydrogen) atoms. The quantitative estimate of drug-likeness (QED) is 0.850. The highest BCUT2D eigenvalue weighted by molar-refractivity contribution is 5.14. The van der Waals surface area contributed by atoms with E-state index in [1.807, 2.05) is 6.07 Å². The van der Waals surface area contributed by atoms with E-state index in [4.69, 9.17) is 10.3 Å². The third-order valence-corrected chi connectivity index (χ3v) is 3.50. The normalized spacial score (nSPS) is 12.0. The monoisotopic (exact) mass is 302 g/mol. The number of nitrogens with zero attached hydrogens (tertiary/aromatic N) is 3. The lowest BCUT2D eigenvalue weighted by molar-refractivity contribution is 0.233. The molecule has 1 aromatic heterocycles.